The van der Waals surface area contributed by atoms with Crippen LogP contribution in [0.15, 0.2) is 41.1 Å². The normalized spacial score (nSPS) is 29.9. The van der Waals surface area contributed by atoms with Crippen molar-refractivity contribution in [1.29, 1.82) is 0 Å². The number of pyridine rings is 1. The minimum atomic E-state index is 0.464. The fourth-order valence-corrected chi connectivity index (χ4v) is 4.11. The summed E-state index contributed by atoms with van der Waals surface area (Å²) in [5.74, 6) is 4.32. The van der Waals surface area contributed by atoms with E-state index < -0.39 is 0 Å². The molecule has 0 spiro atoms. The minimum absolute atomic E-state index is 0.464. The molecule has 1 aliphatic heterocycles. The summed E-state index contributed by atoms with van der Waals surface area (Å²) >= 11 is 0. The Morgan fingerprint density at radius 1 is 1.33 bits per heavy atom. The van der Waals surface area contributed by atoms with E-state index in [4.69, 9.17) is 4.42 Å². The lowest BCUT2D eigenvalue weighted by molar-refractivity contribution is 0.270. The first-order valence-corrected chi connectivity index (χ1v) is 9.12. The highest BCUT2D eigenvalue weighted by atomic mass is 16.3. The maximum Gasteiger partial charge on any atom is 0.117 e. The van der Waals surface area contributed by atoms with Crippen LogP contribution in [0.2, 0.25) is 0 Å². The SMILES string of the molecule is C[C@@H]1C[C@@H]1c1ccc(CNC[C@@H]2CCN(C)[C@H]2c2cccnc2)o1. The van der Waals surface area contributed by atoms with Crippen molar-refractivity contribution in [1.82, 2.24) is 15.2 Å². The second kappa shape index (κ2) is 6.69. The van der Waals surface area contributed by atoms with E-state index in [1.54, 1.807) is 0 Å². The number of likely N-dealkylation sites (tertiary alicyclic amines) is 1. The lowest BCUT2D eigenvalue weighted by Crippen LogP contribution is -2.28. The van der Waals surface area contributed by atoms with E-state index >= 15 is 0 Å². The predicted molar refractivity (Wildman–Crippen MR) is 94.7 cm³/mol. The van der Waals surface area contributed by atoms with Crippen LogP contribution >= 0.6 is 0 Å². The third-order valence-corrected chi connectivity index (χ3v) is 5.66. The van der Waals surface area contributed by atoms with E-state index in [9.17, 15) is 0 Å². The molecule has 128 valence electrons. The summed E-state index contributed by atoms with van der Waals surface area (Å²) in [6.45, 7) is 5.28. The molecule has 3 heterocycles. The molecule has 0 aromatic carbocycles. The van der Waals surface area contributed by atoms with E-state index in [2.05, 4.69) is 47.4 Å². The number of hydrogen-bond acceptors (Lipinski definition) is 4. The van der Waals surface area contributed by atoms with Crippen LogP contribution in [0.1, 0.15) is 48.8 Å². The lowest BCUT2D eigenvalue weighted by Gasteiger charge is -2.25. The number of furan rings is 1. The molecule has 4 rings (SSSR count). The van der Waals surface area contributed by atoms with Crippen molar-refractivity contribution in [3.63, 3.8) is 0 Å². The van der Waals surface area contributed by atoms with Gasteiger partial charge in [-0.3, -0.25) is 9.88 Å². The first-order valence-electron chi connectivity index (χ1n) is 9.12. The second-order valence-electron chi connectivity index (χ2n) is 7.52. The van der Waals surface area contributed by atoms with Gasteiger partial charge in [0.15, 0.2) is 0 Å². The maximum absolute atomic E-state index is 5.99. The van der Waals surface area contributed by atoms with E-state index in [0.29, 0.717) is 17.9 Å². The number of nitrogens with one attached hydrogen (secondary N) is 1. The molecule has 0 radical (unpaired) electrons. The van der Waals surface area contributed by atoms with Gasteiger partial charge in [-0.25, -0.2) is 0 Å². The van der Waals surface area contributed by atoms with Gasteiger partial charge in [0.2, 0.25) is 0 Å². The van der Waals surface area contributed by atoms with Gasteiger partial charge in [-0.05, 0) is 62.0 Å². The lowest BCUT2D eigenvalue weighted by atomic mass is 9.95. The van der Waals surface area contributed by atoms with Crippen molar-refractivity contribution in [3.8, 4) is 0 Å². The van der Waals surface area contributed by atoms with Crippen LogP contribution in [0.4, 0.5) is 0 Å². The number of aromatic nitrogens is 1. The maximum atomic E-state index is 5.99. The van der Waals surface area contributed by atoms with Gasteiger partial charge < -0.3 is 9.73 Å². The average Bonchev–Trinajstić information content (AvgIpc) is 2.98. The quantitative estimate of drug-likeness (QED) is 0.881. The third-order valence-electron chi connectivity index (χ3n) is 5.66. The summed E-state index contributed by atoms with van der Waals surface area (Å²) in [7, 11) is 2.22. The van der Waals surface area contributed by atoms with Gasteiger partial charge >= 0.3 is 0 Å². The molecule has 4 nitrogen and oxygen atoms in total. The molecule has 4 atom stereocenters. The minimum Gasteiger partial charge on any atom is -0.464 e. The molecule has 2 fully saturated rings. The Morgan fingerprint density at radius 3 is 2.96 bits per heavy atom. The van der Waals surface area contributed by atoms with Crippen LogP contribution in [0, 0.1) is 11.8 Å². The Kier molecular flexibility index (Phi) is 4.42. The summed E-state index contributed by atoms with van der Waals surface area (Å²) < 4.78 is 5.99. The van der Waals surface area contributed by atoms with Crippen molar-refractivity contribution in [2.24, 2.45) is 11.8 Å². The zero-order valence-electron chi connectivity index (χ0n) is 14.6. The van der Waals surface area contributed by atoms with E-state index in [1.807, 2.05) is 18.5 Å². The third kappa shape index (κ3) is 3.26. The van der Waals surface area contributed by atoms with Crippen LogP contribution in [0.5, 0.6) is 0 Å². The number of hydrogen-bond donors (Lipinski definition) is 1. The molecule has 0 bridgehead atoms. The van der Waals surface area contributed by atoms with E-state index in [1.165, 1.54) is 24.2 Å². The molecule has 0 unspecified atom stereocenters. The van der Waals surface area contributed by atoms with E-state index in [-0.39, 0.29) is 0 Å². The van der Waals surface area contributed by atoms with Crippen LogP contribution < -0.4 is 5.32 Å². The second-order valence-corrected chi connectivity index (χ2v) is 7.52. The molecule has 2 aliphatic rings. The Balaban J connectivity index is 1.32. The molecule has 1 aliphatic carbocycles. The summed E-state index contributed by atoms with van der Waals surface area (Å²) in [4.78, 5) is 6.74. The van der Waals surface area contributed by atoms with Crippen molar-refractivity contribution in [2.75, 3.05) is 20.1 Å². The fraction of sp³-hybridized carbons (Fsp3) is 0.550. The Bertz CT molecular complexity index is 669. The molecule has 2 aromatic rings. The summed E-state index contributed by atoms with van der Waals surface area (Å²) in [6.07, 6.45) is 6.36. The van der Waals surface area contributed by atoms with Gasteiger partial charge in [0.25, 0.3) is 0 Å². The summed E-state index contributed by atoms with van der Waals surface area (Å²) in [5.41, 5.74) is 1.33. The number of nitrogens with zero attached hydrogens (tertiary/aromatic N) is 2. The number of rotatable bonds is 6. The molecular weight excluding hydrogens is 298 g/mol. The van der Waals surface area contributed by atoms with Crippen LogP contribution in [0.25, 0.3) is 0 Å². The van der Waals surface area contributed by atoms with Gasteiger partial charge in [0.05, 0.1) is 6.54 Å². The molecule has 1 N–H and O–H groups in total. The van der Waals surface area contributed by atoms with Crippen molar-refractivity contribution >= 4 is 0 Å². The molecule has 4 heteroatoms. The zero-order chi connectivity index (χ0) is 16.5. The predicted octanol–water partition coefficient (Wildman–Crippen LogP) is 3.58. The van der Waals surface area contributed by atoms with Gasteiger partial charge in [-0.1, -0.05) is 13.0 Å². The first kappa shape index (κ1) is 15.9. The van der Waals surface area contributed by atoms with Gasteiger partial charge in [0, 0.05) is 30.9 Å². The van der Waals surface area contributed by atoms with Crippen LogP contribution in [-0.4, -0.2) is 30.0 Å². The zero-order valence-corrected chi connectivity index (χ0v) is 14.6. The van der Waals surface area contributed by atoms with Crippen LogP contribution in [-0.2, 0) is 6.54 Å². The molecule has 2 aromatic heterocycles. The van der Waals surface area contributed by atoms with E-state index in [0.717, 1.165) is 31.3 Å². The first-order chi connectivity index (χ1) is 11.7. The molecule has 1 saturated carbocycles. The average molecular weight is 325 g/mol. The standard InChI is InChI=1S/C20H27N3O/c1-14-10-18(14)19-6-5-17(24-19)13-22-12-16-7-9-23(2)20(16)15-4-3-8-21-11-15/h3-6,8,11,14,16,18,20,22H,7,9-10,12-13H2,1-2H3/t14-,16+,18+,20+/m1/s1. The Hall–Kier alpha value is -1.65. The van der Waals surface area contributed by atoms with Gasteiger partial charge in [-0.15, -0.1) is 0 Å². The van der Waals surface area contributed by atoms with Crippen molar-refractivity contribution in [3.05, 3.63) is 53.7 Å². The Morgan fingerprint density at radius 2 is 2.21 bits per heavy atom. The molecule has 0 amide bonds. The summed E-state index contributed by atoms with van der Waals surface area (Å²) in [6, 6.07) is 8.99. The highest BCUT2D eigenvalue weighted by Gasteiger charge is 2.36. The van der Waals surface area contributed by atoms with Crippen molar-refractivity contribution < 1.29 is 4.42 Å². The monoisotopic (exact) mass is 325 g/mol. The highest BCUT2D eigenvalue weighted by molar-refractivity contribution is 5.18. The van der Waals surface area contributed by atoms with Gasteiger partial charge in [-0.2, -0.15) is 0 Å². The fourth-order valence-electron chi connectivity index (χ4n) is 4.11. The van der Waals surface area contributed by atoms with Gasteiger partial charge in [0.1, 0.15) is 11.5 Å². The topological polar surface area (TPSA) is 41.3 Å². The molecule has 1 saturated heterocycles. The molecular formula is C20H27N3O. The highest BCUT2D eigenvalue weighted by Crippen LogP contribution is 2.47. The largest absolute Gasteiger partial charge is 0.464 e. The molecule has 24 heavy (non-hydrogen) atoms. The summed E-state index contributed by atoms with van der Waals surface area (Å²) in [5, 5.41) is 3.61. The smallest absolute Gasteiger partial charge is 0.117 e. The van der Waals surface area contributed by atoms with Crippen LogP contribution in [0.3, 0.4) is 0 Å². The Labute approximate surface area is 144 Å². The van der Waals surface area contributed by atoms with Crippen molar-refractivity contribution in [2.45, 2.75) is 38.3 Å².